The molecule has 0 aliphatic rings. The zero-order valence-corrected chi connectivity index (χ0v) is 11.0. The van der Waals surface area contributed by atoms with Crippen LogP contribution in [0.3, 0.4) is 0 Å². The highest BCUT2D eigenvalue weighted by molar-refractivity contribution is 9.10. The Morgan fingerprint density at radius 3 is 2.78 bits per heavy atom. The second-order valence-electron chi connectivity index (χ2n) is 3.81. The highest BCUT2D eigenvalue weighted by atomic mass is 79.9. The summed E-state index contributed by atoms with van der Waals surface area (Å²) in [4.78, 5) is 15.9. The zero-order chi connectivity index (χ0) is 13.3. The molecule has 6 heteroatoms. The monoisotopic (exact) mass is 314 g/mol. The van der Waals surface area contributed by atoms with E-state index in [4.69, 9.17) is 0 Å². The Balaban J connectivity index is 2.41. The van der Waals surface area contributed by atoms with Crippen molar-refractivity contribution in [1.29, 1.82) is 0 Å². The van der Waals surface area contributed by atoms with E-state index < -0.39 is 11.6 Å². The van der Waals surface area contributed by atoms with Crippen molar-refractivity contribution in [2.24, 2.45) is 0 Å². The van der Waals surface area contributed by atoms with E-state index in [1.807, 2.05) is 0 Å². The zero-order valence-electron chi connectivity index (χ0n) is 9.45. The Labute approximate surface area is 110 Å². The molecule has 0 saturated heterocycles. The smallest absolute Gasteiger partial charge is 0.268 e. The van der Waals surface area contributed by atoms with Gasteiger partial charge in [0.15, 0.2) is 0 Å². The van der Waals surface area contributed by atoms with Crippen molar-refractivity contribution in [2.75, 3.05) is 0 Å². The number of halogens is 3. The quantitative estimate of drug-likeness (QED) is 0.854. The van der Waals surface area contributed by atoms with Crippen LogP contribution in [0.1, 0.15) is 11.3 Å². The number of rotatable bonds is 2. The van der Waals surface area contributed by atoms with Gasteiger partial charge in [-0.1, -0.05) is 6.07 Å². The van der Waals surface area contributed by atoms with Crippen LogP contribution < -0.4 is 5.56 Å². The van der Waals surface area contributed by atoms with Gasteiger partial charge in [0.05, 0.1) is 18.6 Å². The second kappa shape index (κ2) is 4.97. The van der Waals surface area contributed by atoms with E-state index in [2.05, 4.69) is 20.9 Å². The van der Waals surface area contributed by atoms with Gasteiger partial charge >= 0.3 is 0 Å². The molecular weight excluding hydrogens is 306 g/mol. The van der Waals surface area contributed by atoms with Gasteiger partial charge in [-0.3, -0.25) is 9.36 Å². The minimum atomic E-state index is -0.682. The van der Waals surface area contributed by atoms with Crippen LogP contribution in [0.5, 0.6) is 0 Å². The molecule has 0 fully saturated rings. The minimum absolute atomic E-state index is 0.0107. The molecule has 94 valence electrons. The molecule has 0 radical (unpaired) electrons. The number of aromatic nitrogens is 2. The van der Waals surface area contributed by atoms with Crippen molar-refractivity contribution in [3.05, 3.63) is 62.2 Å². The normalized spacial score (nSPS) is 10.7. The van der Waals surface area contributed by atoms with Crippen LogP contribution in [-0.2, 0) is 6.54 Å². The molecule has 1 heterocycles. The van der Waals surface area contributed by atoms with Crippen molar-refractivity contribution in [2.45, 2.75) is 13.5 Å². The van der Waals surface area contributed by atoms with Crippen molar-refractivity contribution in [3.63, 3.8) is 0 Å². The number of benzene rings is 1. The van der Waals surface area contributed by atoms with E-state index in [-0.39, 0.29) is 17.7 Å². The lowest BCUT2D eigenvalue weighted by Crippen LogP contribution is -2.23. The molecule has 1 aromatic heterocycles. The summed E-state index contributed by atoms with van der Waals surface area (Å²) >= 11 is 3.12. The summed E-state index contributed by atoms with van der Waals surface area (Å²) in [6.45, 7) is 1.70. The van der Waals surface area contributed by atoms with E-state index in [1.165, 1.54) is 17.0 Å². The molecule has 1 aromatic carbocycles. The highest BCUT2D eigenvalue weighted by Crippen LogP contribution is 2.11. The summed E-state index contributed by atoms with van der Waals surface area (Å²) in [5.41, 5.74) is 0.498. The number of hydrogen-bond acceptors (Lipinski definition) is 2. The maximum atomic E-state index is 13.5. The first-order valence-corrected chi connectivity index (χ1v) is 5.94. The van der Waals surface area contributed by atoms with Gasteiger partial charge in [-0.25, -0.2) is 13.8 Å². The first-order chi connectivity index (χ1) is 8.49. The summed E-state index contributed by atoms with van der Waals surface area (Å²) in [6, 6.07) is 3.25. The van der Waals surface area contributed by atoms with Crippen molar-refractivity contribution in [3.8, 4) is 0 Å². The Kier molecular flexibility index (Phi) is 3.56. The Hall–Kier alpha value is -1.56. The molecule has 0 bridgehead atoms. The maximum Gasteiger partial charge on any atom is 0.268 e. The van der Waals surface area contributed by atoms with E-state index in [9.17, 15) is 13.6 Å². The molecule has 2 aromatic rings. The van der Waals surface area contributed by atoms with Crippen LogP contribution in [0, 0.1) is 18.6 Å². The molecule has 3 nitrogen and oxygen atoms in total. The predicted molar refractivity (Wildman–Crippen MR) is 66.4 cm³/mol. The Morgan fingerprint density at radius 2 is 2.11 bits per heavy atom. The van der Waals surface area contributed by atoms with Gasteiger partial charge in [0.2, 0.25) is 0 Å². The third kappa shape index (κ3) is 2.48. The molecule has 0 saturated carbocycles. The molecule has 0 unspecified atom stereocenters. The standard InChI is InChI=1S/C12H9BrF2N2O/c1-7-11(13)12(18)17(6-16-7)5-8-2-3-9(14)4-10(8)15/h2-4,6H,5H2,1H3. The topological polar surface area (TPSA) is 34.9 Å². The molecule has 0 spiro atoms. The third-order valence-electron chi connectivity index (χ3n) is 2.51. The second-order valence-corrected chi connectivity index (χ2v) is 4.61. The lowest BCUT2D eigenvalue weighted by atomic mass is 10.2. The summed E-state index contributed by atoms with van der Waals surface area (Å²) in [6.07, 6.45) is 1.34. The van der Waals surface area contributed by atoms with Gasteiger partial charge in [0, 0.05) is 11.6 Å². The van der Waals surface area contributed by atoms with Crippen LogP contribution in [0.2, 0.25) is 0 Å². The summed E-state index contributed by atoms with van der Waals surface area (Å²) in [5, 5.41) is 0. The molecule has 2 rings (SSSR count). The summed E-state index contributed by atoms with van der Waals surface area (Å²) in [5.74, 6) is -1.33. The van der Waals surface area contributed by atoms with Crippen LogP contribution in [0.15, 0.2) is 33.8 Å². The van der Waals surface area contributed by atoms with E-state index in [1.54, 1.807) is 6.92 Å². The van der Waals surface area contributed by atoms with Gasteiger partial charge in [0.1, 0.15) is 16.1 Å². The van der Waals surface area contributed by atoms with Crippen LogP contribution in [0.4, 0.5) is 8.78 Å². The lowest BCUT2D eigenvalue weighted by Gasteiger charge is -2.08. The predicted octanol–water partition coefficient (Wildman–Crippen LogP) is 2.64. The van der Waals surface area contributed by atoms with Gasteiger partial charge in [-0.05, 0) is 28.9 Å². The fourth-order valence-corrected chi connectivity index (χ4v) is 1.82. The highest BCUT2D eigenvalue weighted by Gasteiger charge is 2.09. The molecular formula is C12H9BrF2N2O. The molecule has 0 amide bonds. The van der Waals surface area contributed by atoms with Gasteiger partial charge < -0.3 is 0 Å². The molecule has 0 aliphatic carbocycles. The molecule has 0 aliphatic heterocycles. The van der Waals surface area contributed by atoms with E-state index in [0.29, 0.717) is 10.2 Å². The third-order valence-corrected chi connectivity index (χ3v) is 3.43. The number of hydrogen-bond donors (Lipinski definition) is 0. The van der Waals surface area contributed by atoms with Crippen molar-refractivity contribution >= 4 is 15.9 Å². The average molecular weight is 315 g/mol. The molecule has 0 N–H and O–H groups in total. The van der Waals surface area contributed by atoms with Crippen LogP contribution in [0.25, 0.3) is 0 Å². The van der Waals surface area contributed by atoms with Gasteiger partial charge in [-0.2, -0.15) is 0 Å². The number of nitrogens with zero attached hydrogens (tertiary/aromatic N) is 2. The van der Waals surface area contributed by atoms with E-state index >= 15 is 0 Å². The minimum Gasteiger partial charge on any atom is -0.294 e. The lowest BCUT2D eigenvalue weighted by molar-refractivity contribution is 0.563. The van der Waals surface area contributed by atoms with E-state index in [0.717, 1.165) is 12.1 Å². The largest absolute Gasteiger partial charge is 0.294 e. The Bertz CT molecular complexity index is 655. The first kappa shape index (κ1) is 12.9. The van der Waals surface area contributed by atoms with Gasteiger partial charge in [0.25, 0.3) is 5.56 Å². The summed E-state index contributed by atoms with van der Waals surface area (Å²) in [7, 11) is 0. The maximum absolute atomic E-state index is 13.5. The average Bonchev–Trinajstić information content (AvgIpc) is 2.33. The number of aryl methyl sites for hydroxylation is 1. The fraction of sp³-hybridized carbons (Fsp3) is 0.167. The van der Waals surface area contributed by atoms with Crippen molar-refractivity contribution in [1.82, 2.24) is 9.55 Å². The van der Waals surface area contributed by atoms with Crippen LogP contribution >= 0.6 is 15.9 Å². The fourth-order valence-electron chi connectivity index (χ4n) is 1.49. The molecule has 18 heavy (non-hydrogen) atoms. The van der Waals surface area contributed by atoms with Crippen LogP contribution in [-0.4, -0.2) is 9.55 Å². The molecule has 0 atom stereocenters. The first-order valence-electron chi connectivity index (χ1n) is 5.14. The summed E-state index contributed by atoms with van der Waals surface area (Å²) < 4.78 is 27.8. The SMILES string of the molecule is Cc1ncn(Cc2ccc(F)cc2F)c(=O)c1Br. The van der Waals surface area contributed by atoms with Gasteiger partial charge in [-0.15, -0.1) is 0 Å². The van der Waals surface area contributed by atoms with Crippen molar-refractivity contribution < 1.29 is 8.78 Å². The Morgan fingerprint density at radius 1 is 1.39 bits per heavy atom.